The van der Waals surface area contributed by atoms with Crippen LogP contribution in [0.25, 0.3) is 23.0 Å². The van der Waals surface area contributed by atoms with Gasteiger partial charge in [-0.3, -0.25) is 4.79 Å². The first-order valence-electron chi connectivity index (χ1n) is 5.79. The number of aromatic nitrogens is 4. The van der Waals surface area contributed by atoms with Gasteiger partial charge < -0.3 is 9.51 Å². The van der Waals surface area contributed by atoms with Gasteiger partial charge >= 0.3 is 0 Å². The zero-order valence-corrected chi connectivity index (χ0v) is 12.0. The van der Waals surface area contributed by atoms with Gasteiger partial charge in [0.25, 0.3) is 5.89 Å². The summed E-state index contributed by atoms with van der Waals surface area (Å²) in [6, 6.07) is 5.04. The molecule has 3 rings (SSSR count). The monoisotopic (exact) mass is 332 g/mol. The van der Waals surface area contributed by atoms with Crippen molar-refractivity contribution in [3.8, 4) is 23.0 Å². The fourth-order valence-corrected chi connectivity index (χ4v) is 2.23. The smallest absolute Gasteiger partial charge is 0.277 e. The number of hydrogen-bond donors (Lipinski definition) is 1. The maximum atomic E-state index is 11.3. The number of rotatable bonds is 2. The predicted molar refractivity (Wildman–Crippen MR) is 76.0 cm³/mol. The SMILES string of the molecule is Cc1cc(Br)cnc1-c1nc(-c2cc[nH]c(=O)c2)no1. The van der Waals surface area contributed by atoms with Crippen LogP contribution in [0.2, 0.25) is 0 Å². The van der Waals surface area contributed by atoms with Crippen LogP contribution in [0, 0.1) is 6.92 Å². The molecule has 100 valence electrons. The van der Waals surface area contributed by atoms with Crippen molar-refractivity contribution in [3.05, 3.63) is 51.0 Å². The minimum atomic E-state index is -0.216. The van der Waals surface area contributed by atoms with E-state index in [1.165, 1.54) is 12.3 Å². The summed E-state index contributed by atoms with van der Waals surface area (Å²) in [5.74, 6) is 0.681. The van der Waals surface area contributed by atoms with Gasteiger partial charge in [0.2, 0.25) is 11.4 Å². The maximum absolute atomic E-state index is 11.3. The molecule has 0 fully saturated rings. The van der Waals surface area contributed by atoms with Gasteiger partial charge in [-0.15, -0.1) is 0 Å². The van der Waals surface area contributed by atoms with E-state index in [1.807, 2.05) is 13.0 Å². The van der Waals surface area contributed by atoms with Gasteiger partial charge in [0, 0.05) is 28.5 Å². The van der Waals surface area contributed by atoms with Crippen molar-refractivity contribution in [1.82, 2.24) is 20.1 Å². The van der Waals surface area contributed by atoms with Crippen LogP contribution in [-0.2, 0) is 0 Å². The van der Waals surface area contributed by atoms with Gasteiger partial charge in [-0.05, 0) is 40.5 Å². The summed E-state index contributed by atoms with van der Waals surface area (Å²) in [6.45, 7) is 1.91. The zero-order chi connectivity index (χ0) is 14.1. The van der Waals surface area contributed by atoms with Crippen molar-refractivity contribution in [2.75, 3.05) is 0 Å². The van der Waals surface area contributed by atoms with Crippen molar-refractivity contribution in [3.63, 3.8) is 0 Å². The van der Waals surface area contributed by atoms with Gasteiger partial charge in [0.05, 0.1) is 0 Å². The summed E-state index contributed by atoms with van der Waals surface area (Å²) in [5.41, 5.74) is 1.92. The average molecular weight is 333 g/mol. The number of halogens is 1. The predicted octanol–water partition coefficient (Wildman–Crippen LogP) is 2.56. The Balaban J connectivity index is 2.04. The van der Waals surface area contributed by atoms with Crippen LogP contribution in [0.3, 0.4) is 0 Å². The quantitative estimate of drug-likeness (QED) is 0.779. The fraction of sp³-hybridized carbons (Fsp3) is 0.0769. The second-order valence-corrected chi connectivity index (χ2v) is 5.10. The lowest BCUT2D eigenvalue weighted by Gasteiger charge is -1.99. The lowest BCUT2D eigenvalue weighted by molar-refractivity contribution is 0.430. The van der Waals surface area contributed by atoms with E-state index >= 15 is 0 Å². The Morgan fingerprint density at radius 2 is 2.20 bits per heavy atom. The van der Waals surface area contributed by atoms with E-state index in [2.05, 4.69) is 36.0 Å². The second kappa shape index (κ2) is 5.01. The molecule has 0 saturated heterocycles. The summed E-state index contributed by atoms with van der Waals surface area (Å²) in [6.07, 6.45) is 3.20. The Bertz CT molecular complexity index is 825. The fourth-order valence-electron chi connectivity index (χ4n) is 1.78. The number of H-pyrrole nitrogens is 1. The molecule has 0 aliphatic rings. The van der Waals surface area contributed by atoms with Gasteiger partial charge in [-0.2, -0.15) is 4.98 Å². The summed E-state index contributed by atoms with van der Waals surface area (Å²) in [4.78, 5) is 22.3. The number of nitrogens with zero attached hydrogens (tertiary/aromatic N) is 3. The van der Waals surface area contributed by atoms with E-state index in [0.29, 0.717) is 23.0 Å². The maximum Gasteiger partial charge on any atom is 0.277 e. The Morgan fingerprint density at radius 3 is 2.95 bits per heavy atom. The van der Waals surface area contributed by atoms with Crippen LogP contribution in [-0.4, -0.2) is 20.1 Å². The highest BCUT2D eigenvalue weighted by molar-refractivity contribution is 9.10. The standard InChI is InChI=1S/C13H9BrN4O2/c1-7-4-9(14)6-16-11(7)13-17-12(18-20-13)8-2-3-15-10(19)5-8/h2-6H,1H3,(H,15,19). The Hall–Kier alpha value is -2.28. The van der Waals surface area contributed by atoms with E-state index in [1.54, 1.807) is 12.3 Å². The average Bonchev–Trinajstić information content (AvgIpc) is 2.88. The second-order valence-electron chi connectivity index (χ2n) is 4.18. The molecular formula is C13H9BrN4O2. The molecule has 0 aliphatic heterocycles. The Kier molecular flexibility index (Phi) is 3.19. The molecule has 0 amide bonds. The molecule has 3 aromatic heterocycles. The largest absolute Gasteiger partial charge is 0.332 e. The molecule has 20 heavy (non-hydrogen) atoms. The highest BCUT2D eigenvalue weighted by Crippen LogP contribution is 2.24. The van der Waals surface area contributed by atoms with Crippen molar-refractivity contribution in [2.24, 2.45) is 0 Å². The van der Waals surface area contributed by atoms with E-state index in [4.69, 9.17) is 4.52 Å². The number of hydrogen-bond acceptors (Lipinski definition) is 5. The van der Waals surface area contributed by atoms with Crippen LogP contribution in [0.4, 0.5) is 0 Å². The molecule has 0 aromatic carbocycles. The van der Waals surface area contributed by atoms with Crippen LogP contribution >= 0.6 is 15.9 Å². The molecule has 7 heteroatoms. The third-order valence-corrected chi connectivity index (χ3v) is 3.14. The van der Waals surface area contributed by atoms with Crippen LogP contribution in [0.5, 0.6) is 0 Å². The molecule has 0 bridgehead atoms. The minimum absolute atomic E-state index is 0.216. The van der Waals surface area contributed by atoms with E-state index < -0.39 is 0 Å². The topological polar surface area (TPSA) is 84.7 Å². The first-order valence-corrected chi connectivity index (χ1v) is 6.58. The van der Waals surface area contributed by atoms with Crippen LogP contribution in [0.15, 0.2) is 44.4 Å². The van der Waals surface area contributed by atoms with Gasteiger partial charge in [-0.25, -0.2) is 4.98 Å². The molecule has 0 aliphatic carbocycles. The van der Waals surface area contributed by atoms with E-state index in [0.717, 1.165) is 10.0 Å². The molecule has 6 nitrogen and oxygen atoms in total. The van der Waals surface area contributed by atoms with Crippen LogP contribution < -0.4 is 5.56 Å². The minimum Gasteiger partial charge on any atom is -0.332 e. The van der Waals surface area contributed by atoms with Gasteiger partial charge in [-0.1, -0.05) is 5.16 Å². The third kappa shape index (κ3) is 2.39. The lowest BCUT2D eigenvalue weighted by atomic mass is 10.2. The molecule has 1 N–H and O–H groups in total. The van der Waals surface area contributed by atoms with E-state index in [-0.39, 0.29) is 5.56 Å². The lowest BCUT2D eigenvalue weighted by Crippen LogP contribution is -2.02. The number of aromatic amines is 1. The van der Waals surface area contributed by atoms with Crippen LogP contribution in [0.1, 0.15) is 5.56 Å². The first kappa shape index (κ1) is 12.7. The Morgan fingerprint density at radius 1 is 1.35 bits per heavy atom. The molecule has 3 aromatic rings. The van der Waals surface area contributed by atoms with Gasteiger partial charge in [0.1, 0.15) is 5.69 Å². The highest BCUT2D eigenvalue weighted by atomic mass is 79.9. The van der Waals surface area contributed by atoms with Crippen molar-refractivity contribution >= 4 is 15.9 Å². The molecule has 0 radical (unpaired) electrons. The van der Waals surface area contributed by atoms with Crippen molar-refractivity contribution in [2.45, 2.75) is 6.92 Å². The summed E-state index contributed by atoms with van der Waals surface area (Å²) < 4.78 is 6.10. The normalized spacial score (nSPS) is 10.7. The Labute approximate surface area is 122 Å². The molecule has 0 saturated carbocycles. The first-order chi connectivity index (χ1) is 9.63. The van der Waals surface area contributed by atoms with Crippen molar-refractivity contribution in [1.29, 1.82) is 0 Å². The molecular weight excluding hydrogens is 324 g/mol. The summed E-state index contributed by atoms with van der Waals surface area (Å²) >= 11 is 3.35. The molecule has 0 unspecified atom stereocenters. The van der Waals surface area contributed by atoms with Crippen molar-refractivity contribution < 1.29 is 4.52 Å². The highest BCUT2D eigenvalue weighted by Gasteiger charge is 2.14. The summed E-state index contributed by atoms with van der Waals surface area (Å²) in [7, 11) is 0. The molecule has 0 atom stereocenters. The molecule has 0 spiro atoms. The number of aryl methyl sites for hydroxylation is 1. The molecule has 3 heterocycles. The third-order valence-electron chi connectivity index (χ3n) is 2.71. The van der Waals surface area contributed by atoms with Gasteiger partial charge in [0.15, 0.2) is 0 Å². The van der Waals surface area contributed by atoms with E-state index in [9.17, 15) is 4.79 Å². The summed E-state index contributed by atoms with van der Waals surface area (Å²) in [5, 5.41) is 3.88. The zero-order valence-electron chi connectivity index (χ0n) is 10.4. The number of nitrogens with one attached hydrogen (secondary N) is 1. The number of pyridine rings is 2.